The molecule has 1 N–H and O–H groups in total. The average molecular weight is 338 g/mol. The van der Waals surface area contributed by atoms with Crippen LogP contribution in [0.15, 0.2) is 0 Å². The van der Waals surface area contributed by atoms with Gasteiger partial charge in [0.15, 0.2) is 0 Å². The maximum Gasteiger partial charge on any atom is 0.234 e. The molecule has 0 radical (unpaired) electrons. The van der Waals surface area contributed by atoms with Crippen molar-refractivity contribution < 1.29 is 9.53 Å². The van der Waals surface area contributed by atoms with E-state index in [0.717, 1.165) is 38.8 Å². The third kappa shape index (κ3) is 4.50. The van der Waals surface area contributed by atoms with Crippen LogP contribution in [0.4, 0.5) is 0 Å². The molecule has 1 saturated carbocycles. The normalized spacial score (nSPS) is 29.9. The minimum absolute atomic E-state index is 0.00525. The Balaban J connectivity index is 1.46. The van der Waals surface area contributed by atoms with Crippen molar-refractivity contribution in [1.82, 2.24) is 15.1 Å². The molecule has 3 aliphatic rings. The molecule has 5 nitrogen and oxygen atoms in total. The van der Waals surface area contributed by atoms with Crippen molar-refractivity contribution >= 4 is 5.91 Å². The molecule has 2 heterocycles. The molecule has 2 saturated heterocycles. The van der Waals surface area contributed by atoms with Gasteiger partial charge in [0.2, 0.25) is 5.91 Å². The Hall–Kier alpha value is -0.650. The summed E-state index contributed by atoms with van der Waals surface area (Å²) >= 11 is 0. The van der Waals surface area contributed by atoms with Crippen LogP contribution in [0.25, 0.3) is 0 Å². The second kappa shape index (κ2) is 8.15. The van der Waals surface area contributed by atoms with Crippen LogP contribution < -0.4 is 5.32 Å². The van der Waals surface area contributed by atoms with Crippen molar-refractivity contribution in [3.05, 3.63) is 0 Å². The highest BCUT2D eigenvalue weighted by Crippen LogP contribution is 2.34. The van der Waals surface area contributed by atoms with Crippen LogP contribution in [0.2, 0.25) is 0 Å². The molecule has 3 fully saturated rings. The highest BCUT2D eigenvalue weighted by Gasteiger charge is 2.34. The van der Waals surface area contributed by atoms with Gasteiger partial charge >= 0.3 is 0 Å². The molecule has 2 atom stereocenters. The molecule has 0 aromatic carbocycles. The summed E-state index contributed by atoms with van der Waals surface area (Å²) in [6, 6.07) is 0.658. The molecule has 138 valence electrons. The van der Waals surface area contributed by atoms with Gasteiger partial charge in [0, 0.05) is 31.2 Å². The van der Waals surface area contributed by atoms with Crippen LogP contribution in [0, 0.1) is 5.92 Å². The number of hydrogen-bond donors (Lipinski definition) is 1. The minimum Gasteiger partial charge on any atom is -0.379 e. The molecular formula is C19H35N3O2. The number of rotatable bonds is 5. The summed E-state index contributed by atoms with van der Waals surface area (Å²) in [6.45, 7) is 10.4. The van der Waals surface area contributed by atoms with E-state index in [1.54, 1.807) is 0 Å². The summed E-state index contributed by atoms with van der Waals surface area (Å²) in [4.78, 5) is 17.4. The van der Waals surface area contributed by atoms with Crippen LogP contribution in [-0.2, 0) is 9.53 Å². The van der Waals surface area contributed by atoms with Crippen molar-refractivity contribution in [3.63, 3.8) is 0 Å². The van der Waals surface area contributed by atoms with E-state index in [0.29, 0.717) is 19.1 Å². The van der Waals surface area contributed by atoms with Crippen molar-refractivity contribution in [1.29, 1.82) is 0 Å². The highest BCUT2D eigenvalue weighted by molar-refractivity contribution is 5.78. The van der Waals surface area contributed by atoms with Gasteiger partial charge in [-0.15, -0.1) is 0 Å². The van der Waals surface area contributed by atoms with E-state index in [4.69, 9.17) is 4.74 Å². The molecule has 0 bridgehead atoms. The number of nitrogens with zero attached hydrogens (tertiary/aromatic N) is 2. The van der Waals surface area contributed by atoms with E-state index < -0.39 is 0 Å². The number of ether oxygens (including phenoxy) is 1. The van der Waals surface area contributed by atoms with E-state index in [-0.39, 0.29) is 11.4 Å². The zero-order chi connectivity index (χ0) is 17.0. The lowest BCUT2D eigenvalue weighted by Gasteiger charge is -2.44. The number of carbonyl (C=O) groups is 1. The Morgan fingerprint density at radius 2 is 1.79 bits per heavy atom. The van der Waals surface area contributed by atoms with Crippen LogP contribution in [0.5, 0.6) is 0 Å². The topological polar surface area (TPSA) is 44.8 Å². The summed E-state index contributed by atoms with van der Waals surface area (Å²) in [5.41, 5.74) is -0.00525. The fourth-order valence-electron chi connectivity index (χ4n) is 4.76. The summed E-state index contributed by atoms with van der Waals surface area (Å²) in [7, 11) is 0. The third-order valence-corrected chi connectivity index (χ3v) is 6.29. The summed E-state index contributed by atoms with van der Waals surface area (Å²) in [6.07, 6.45) is 8.00. The number of amides is 1. The number of piperidine rings is 1. The quantitative estimate of drug-likeness (QED) is 0.832. The first-order valence-corrected chi connectivity index (χ1v) is 9.90. The zero-order valence-corrected chi connectivity index (χ0v) is 15.6. The number of carbonyl (C=O) groups excluding carboxylic acids is 1. The monoisotopic (exact) mass is 337 g/mol. The first kappa shape index (κ1) is 18.2. The maximum absolute atomic E-state index is 12.5. The standard InChI is InChI=1S/C19H35N3O2/c1-19(2,22-10-12-24-13-11-22)15-20-18(23)14-21-9-5-7-16-6-3-4-8-17(16)21/h16-17H,3-15H2,1-2H3,(H,20,23). The molecule has 0 spiro atoms. The van der Waals surface area contributed by atoms with Gasteiger partial charge in [-0.25, -0.2) is 0 Å². The smallest absolute Gasteiger partial charge is 0.234 e. The second-order valence-corrected chi connectivity index (χ2v) is 8.41. The maximum atomic E-state index is 12.5. The molecule has 1 aliphatic carbocycles. The average Bonchev–Trinajstić information content (AvgIpc) is 2.61. The van der Waals surface area contributed by atoms with Gasteiger partial charge in [-0.2, -0.15) is 0 Å². The van der Waals surface area contributed by atoms with E-state index in [1.807, 2.05) is 0 Å². The van der Waals surface area contributed by atoms with Crippen molar-refractivity contribution in [3.8, 4) is 0 Å². The van der Waals surface area contributed by atoms with E-state index in [2.05, 4.69) is 29.0 Å². The Morgan fingerprint density at radius 3 is 2.58 bits per heavy atom. The van der Waals surface area contributed by atoms with Crippen LogP contribution >= 0.6 is 0 Å². The predicted octanol–water partition coefficient (Wildman–Crippen LogP) is 1.87. The summed E-state index contributed by atoms with van der Waals surface area (Å²) in [5.74, 6) is 1.03. The Morgan fingerprint density at radius 1 is 1.08 bits per heavy atom. The van der Waals surface area contributed by atoms with Crippen LogP contribution in [0.1, 0.15) is 52.4 Å². The van der Waals surface area contributed by atoms with E-state index >= 15 is 0 Å². The first-order valence-electron chi connectivity index (χ1n) is 9.90. The number of hydrogen-bond acceptors (Lipinski definition) is 4. The fraction of sp³-hybridized carbons (Fsp3) is 0.947. The van der Waals surface area contributed by atoms with E-state index in [1.165, 1.54) is 38.5 Å². The van der Waals surface area contributed by atoms with Gasteiger partial charge < -0.3 is 10.1 Å². The lowest BCUT2D eigenvalue weighted by atomic mass is 9.78. The molecule has 3 rings (SSSR count). The number of morpholine rings is 1. The summed E-state index contributed by atoms with van der Waals surface area (Å²) in [5, 5.41) is 3.20. The first-order chi connectivity index (χ1) is 11.6. The molecular weight excluding hydrogens is 302 g/mol. The largest absolute Gasteiger partial charge is 0.379 e. The van der Waals surface area contributed by atoms with Gasteiger partial charge in [0.1, 0.15) is 0 Å². The molecule has 5 heteroatoms. The SMILES string of the molecule is CC(C)(CNC(=O)CN1CCCC2CCCCC21)N1CCOCC1. The lowest BCUT2D eigenvalue weighted by molar-refractivity contribution is -0.124. The predicted molar refractivity (Wildman–Crippen MR) is 96.0 cm³/mol. The number of likely N-dealkylation sites (tertiary alicyclic amines) is 1. The zero-order valence-electron chi connectivity index (χ0n) is 15.6. The Labute approximate surface area is 147 Å². The van der Waals surface area contributed by atoms with Crippen molar-refractivity contribution in [2.75, 3.05) is 45.9 Å². The number of nitrogens with one attached hydrogen (secondary N) is 1. The molecule has 1 amide bonds. The van der Waals surface area contributed by atoms with Gasteiger partial charge in [0.05, 0.1) is 19.8 Å². The molecule has 2 aliphatic heterocycles. The molecule has 2 unspecified atom stereocenters. The van der Waals surface area contributed by atoms with Gasteiger partial charge in [-0.05, 0) is 52.0 Å². The van der Waals surface area contributed by atoms with Crippen molar-refractivity contribution in [2.24, 2.45) is 5.92 Å². The third-order valence-electron chi connectivity index (χ3n) is 6.29. The molecule has 0 aromatic rings. The van der Waals surface area contributed by atoms with Crippen LogP contribution in [0.3, 0.4) is 0 Å². The Kier molecular flexibility index (Phi) is 6.17. The van der Waals surface area contributed by atoms with Gasteiger partial charge in [-0.3, -0.25) is 14.6 Å². The van der Waals surface area contributed by atoms with Crippen molar-refractivity contribution in [2.45, 2.75) is 64.0 Å². The lowest BCUT2D eigenvalue weighted by Crippen LogP contribution is -2.56. The van der Waals surface area contributed by atoms with Crippen LogP contribution in [-0.4, -0.2) is 73.2 Å². The van der Waals surface area contributed by atoms with E-state index in [9.17, 15) is 4.79 Å². The minimum atomic E-state index is -0.00525. The fourth-order valence-corrected chi connectivity index (χ4v) is 4.76. The number of fused-ring (bicyclic) bond motifs is 1. The Bertz CT molecular complexity index is 419. The highest BCUT2D eigenvalue weighted by atomic mass is 16.5. The molecule has 24 heavy (non-hydrogen) atoms. The summed E-state index contributed by atoms with van der Waals surface area (Å²) < 4.78 is 5.44. The second-order valence-electron chi connectivity index (χ2n) is 8.41. The van der Waals surface area contributed by atoms with Gasteiger partial charge in [0.25, 0.3) is 0 Å². The van der Waals surface area contributed by atoms with Gasteiger partial charge in [-0.1, -0.05) is 12.8 Å². The molecule has 0 aromatic heterocycles.